The molecule has 1 heterocycles. The van der Waals surface area contributed by atoms with E-state index in [0.717, 1.165) is 84.8 Å². The summed E-state index contributed by atoms with van der Waals surface area (Å²) in [6, 6.07) is 22.2. The molecule has 0 unspecified atom stereocenters. The van der Waals surface area contributed by atoms with Gasteiger partial charge in [0.15, 0.2) is 0 Å². The highest BCUT2D eigenvalue weighted by atomic mass is 16.5. The van der Waals surface area contributed by atoms with E-state index in [1.54, 1.807) is 0 Å². The summed E-state index contributed by atoms with van der Waals surface area (Å²) in [6.07, 6.45) is 1.99. The Morgan fingerprint density at radius 2 is 1.50 bits per heavy atom. The van der Waals surface area contributed by atoms with Crippen molar-refractivity contribution < 1.29 is 19.7 Å². The number of aliphatic hydroxyl groups is 2. The summed E-state index contributed by atoms with van der Waals surface area (Å²) in [5, 5.41) is 23.3. The van der Waals surface area contributed by atoms with Gasteiger partial charge in [-0.25, -0.2) is 0 Å². The summed E-state index contributed by atoms with van der Waals surface area (Å²) in [6.45, 7) is 9.50. The van der Waals surface area contributed by atoms with Gasteiger partial charge in [0.1, 0.15) is 11.5 Å². The van der Waals surface area contributed by atoms with E-state index < -0.39 is 6.10 Å². The van der Waals surface area contributed by atoms with Crippen LogP contribution in [0.5, 0.6) is 11.5 Å². The average molecular weight is 519 g/mol. The second-order valence-corrected chi connectivity index (χ2v) is 10.1. The number of β-amino-alcohol motifs (C(OH)–C–C–N with tert-alkyl or cyclic N) is 1. The predicted molar refractivity (Wildman–Crippen MR) is 153 cm³/mol. The Morgan fingerprint density at radius 1 is 0.868 bits per heavy atom. The third-order valence-corrected chi connectivity index (χ3v) is 7.26. The van der Waals surface area contributed by atoms with Crippen molar-refractivity contribution in [2.24, 2.45) is 0 Å². The van der Waals surface area contributed by atoms with Crippen LogP contribution in [0.4, 0.5) is 0 Å². The Kier molecular flexibility index (Phi) is 10.6. The molecule has 6 nitrogen and oxygen atoms in total. The second kappa shape index (κ2) is 14.3. The van der Waals surface area contributed by atoms with Crippen molar-refractivity contribution in [1.29, 1.82) is 0 Å². The number of rotatable bonds is 14. The number of hydrogen-bond acceptors (Lipinski definition) is 6. The predicted octanol–water partition coefficient (Wildman–Crippen LogP) is 4.90. The molecule has 3 N–H and O–H groups in total. The van der Waals surface area contributed by atoms with Gasteiger partial charge in [0, 0.05) is 26.2 Å². The van der Waals surface area contributed by atoms with Crippen molar-refractivity contribution in [3.05, 3.63) is 83.4 Å². The SMILES string of the molecule is Cc1c(OCCCNC[C@H](O)c2ccccc2)cccc1-c1cccc(OCCCN2CC[C@@H](O)C2)c1C. The lowest BCUT2D eigenvalue weighted by atomic mass is 9.95. The van der Waals surface area contributed by atoms with Gasteiger partial charge in [-0.1, -0.05) is 54.6 Å². The molecule has 3 aromatic rings. The van der Waals surface area contributed by atoms with Crippen LogP contribution < -0.4 is 14.8 Å². The first-order valence-electron chi connectivity index (χ1n) is 13.8. The van der Waals surface area contributed by atoms with Crippen molar-refractivity contribution in [1.82, 2.24) is 10.2 Å². The summed E-state index contributed by atoms with van der Waals surface area (Å²) in [7, 11) is 0. The van der Waals surface area contributed by atoms with E-state index in [1.165, 1.54) is 0 Å². The maximum absolute atomic E-state index is 10.3. The van der Waals surface area contributed by atoms with Gasteiger partial charge in [-0.3, -0.25) is 0 Å². The number of ether oxygens (including phenoxy) is 2. The van der Waals surface area contributed by atoms with Crippen LogP contribution >= 0.6 is 0 Å². The van der Waals surface area contributed by atoms with Crippen LogP contribution in [0.1, 0.15) is 42.1 Å². The van der Waals surface area contributed by atoms with Gasteiger partial charge in [0.25, 0.3) is 0 Å². The van der Waals surface area contributed by atoms with Crippen molar-refractivity contribution in [3.63, 3.8) is 0 Å². The molecular weight excluding hydrogens is 476 g/mol. The molecule has 6 heteroatoms. The van der Waals surface area contributed by atoms with Gasteiger partial charge in [0.05, 0.1) is 25.4 Å². The first kappa shape index (κ1) is 28.1. The van der Waals surface area contributed by atoms with E-state index in [2.05, 4.69) is 42.3 Å². The highest BCUT2D eigenvalue weighted by Crippen LogP contribution is 2.35. The molecule has 1 fully saturated rings. The minimum atomic E-state index is -0.502. The van der Waals surface area contributed by atoms with Crippen molar-refractivity contribution in [2.75, 3.05) is 45.9 Å². The molecule has 0 amide bonds. The fourth-order valence-electron chi connectivity index (χ4n) is 5.02. The first-order valence-corrected chi connectivity index (χ1v) is 13.8. The summed E-state index contributed by atoms with van der Waals surface area (Å²) < 4.78 is 12.3. The van der Waals surface area contributed by atoms with Gasteiger partial charge >= 0.3 is 0 Å². The Bertz CT molecular complexity index is 1140. The Morgan fingerprint density at radius 3 is 2.11 bits per heavy atom. The molecule has 4 rings (SSSR count). The fourth-order valence-corrected chi connectivity index (χ4v) is 5.02. The van der Waals surface area contributed by atoms with E-state index in [9.17, 15) is 10.2 Å². The largest absolute Gasteiger partial charge is 0.493 e. The maximum atomic E-state index is 10.3. The lowest BCUT2D eigenvalue weighted by Gasteiger charge is -2.18. The molecule has 38 heavy (non-hydrogen) atoms. The summed E-state index contributed by atoms with van der Waals surface area (Å²) >= 11 is 0. The summed E-state index contributed by atoms with van der Waals surface area (Å²) in [5.41, 5.74) is 5.49. The minimum absolute atomic E-state index is 0.173. The zero-order valence-electron chi connectivity index (χ0n) is 22.7. The number of benzene rings is 3. The third-order valence-electron chi connectivity index (χ3n) is 7.26. The lowest BCUT2D eigenvalue weighted by molar-refractivity contribution is 0.173. The van der Waals surface area contributed by atoms with Crippen LogP contribution in [0.25, 0.3) is 11.1 Å². The summed E-state index contributed by atoms with van der Waals surface area (Å²) in [4.78, 5) is 2.30. The van der Waals surface area contributed by atoms with Gasteiger partial charge < -0.3 is 29.9 Å². The minimum Gasteiger partial charge on any atom is -0.493 e. The fraction of sp³-hybridized carbons (Fsp3) is 0.438. The molecule has 2 atom stereocenters. The average Bonchev–Trinajstić information content (AvgIpc) is 3.35. The quantitative estimate of drug-likeness (QED) is 0.264. The molecule has 0 saturated carbocycles. The van der Waals surface area contributed by atoms with Crippen LogP contribution in [0.2, 0.25) is 0 Å². The molecule has 0 radical (unpaired) electrons. The van der Waals surface area contributed by atoms with E-state index in [4.69, 9.17) is 9.47 Å². The smallest absolute Gasteiger partial charge is 0.122 e. The van der Waals surface area contributed by atoms with Crippen molar-refractivity contribution in [3.8, 4) is 22.6 Å². The van der Waals surface area contributed by atoms with E-state index in [-0.39, 0.29) is 6.10 Å². The van der Waals surface area contributed by atoms with Crippen LogP contribution in [-0.4, -0.2) is 67.2 Å². The van der Waals surface area contributed by atoms with Gasteiger partial charge in [-0.2, -0.15) is 0 Å². The Balaban J connectivity index is 1.25. The molecule has 0 spiro atoms. The number of aliphatic hydroxyl groups excluding tert-OH is 2. The lowest BCUT2D eigenvalue weighted by Crippen LogP contribution is -2.24. The van der Waals surface area contributed by atoms with Gasteiger partial charge in [0.2, 0.25) is 0 Å². The second-order valence-electron chi connectivity index (χ2n) is 10.1. The number of hydrogen-bond donors (Lipinski definition) is 3. The molecule has 3 aromatic carbocycles. The standard InChI is InChI=1S/C32H42N2O4/c1-24-28(29-13-7-15-32(25(29)2)38-21-9-18-34-19-16-27(35)23-34)12-6-14-31(24)37-20-8-17-33-22-30(36)26-10-4-3-5-11-26/h3-7,10-15,27,30,33,35-36H,8-9,16-23H2,1-2H3/t27-,30+/m1/s1. The number of nitrogens with one attached hydrogen (secondary N) is 1. The van der Waals surface area contributed by atoms with Crippen LogP contribution in [-0.2, 0) is 0 Å². The highest BCUT2D eigenvalue weighted by Gasteiger charge is 2.19. The van der Waals surface area contributed by atoms with Gasteiger partial charge in [-0.05, 0) is 79.6 Å². The van der Waals surface area contributed by atoms with Crippen LogP contribution in [0, 0.1) is 13.8 Å². The third kappa shape index (κ3) is 7.81. The Labute approximate surface area is 227 Å². The van der Waals surface area contributed by atoms with Crippen LogP contribution in [0.15, 0.2) is 66.7 Å². The molecule has 0 bridgehead atoms. The first-order chi connectivity index (χ1) is 18.5. The van der Waals surface area contributed by atoms with Crippen molar-refractivity contribution >= 4 is 0 Å². The zero-order valence-corrected chi connectivity index (χ0v) is 22.7. The molecule has 1 aliphatic rings. The molecule has 204 valence electrons. The van der Waals surface area contributed by atoms with Crippen molar-refractivity contribution in [2.45, 2.75) is 45.3 Å². The Hall–Kier alpha value is -2.90. The number of likely N-dealkylation sites (tertiary alicyclic amines) is 1. The molecule has 1 saturated heterocycles. The van der Waals surface area contributed by atoms with E-state index >= 15 is 0 Å². The molecule has 0 aromatic heterocycles. The van der Waals surface area contributed by atoms with Gasteiger partial charge in [-0.15, -0.1) is 0 Å². The van der Waals surface area contributed by atoms with E-state index in [1.807, 2.05) is 48.5 Å². The molecule has 1 aliphatic heterocycles. The number of nitrogens with zero attached hydrogens (tertiary/aromatic N) is 1. The topological polar surface area (TPSA) is 74.2 Å². The maximum Gasteiger partial charge on any atom is 0.122 e. The van der Waals surface area contributed by atoms with E-state index in [0.29, 0.717) is 19.8 Å². The zero-order chi connectivity index (χ0) is 26.7. The summed E-state index contributed by atoms with van der Waals surface area (Å²) in [5.74, 6) is 1.81. The van der Waals surface area contributed by atoms with Crippen LogP contribution in [0.3, 0.4) is 0 Å². The monoisotopic (exact) mass is 518 g/mol. The molecular formula is C32H42N2O4. The molecule has 0 aliphatic carbocycles. The normalized spacial score (nSPS) is 16.5. The highest BCUT2D eigenvalue weighted by molar-refractivity contribution is 5.74.